The smallest absolute Gasteiger partial charge is 0.269 e. The number of hydrogen-bond donors (Lipinski definition) is 0. The number of rotatable bonds is 7. The number of nitriles is 2. The second kappa shape index (κ2) is 10.3. The van der Waals surface area contributed by atoms with E-state index in [2.05, 4.69) is 0 Å². The predicted molar refractivity (Wildman–Crippen MR) is 118 cm³/mol. The first-order valence-corrected chi connectivity index (χ1v) is 9.42. The summed E-state index contributed by atoms with van der Waals surface area (Å²) in [4.78, 5) is 14.7. The van der Waals surface area contributed by atoms with E-state index < -0.39 is 0 Å². The SMILES string of the molecule is COc1cc(C=C(C#N)C#N)ccc1OCC(=O)N(c1ccccc1)c1ccccc1. The zero-order valence-electron chi connectivity index (χ0n) is 16.9. The molecule has 0 saturated heterocycles. The van der Waals surface area contributed by atoms with Crippen LogP contribution in [-0.2, 0) is 4.79 Å². The quantitative estimate of drug-likeness (QED) is 0.520. The molecule has 0 saturated carbocycles. The van der Waals surface area contributed by atoms with Gasteiger partial charge in [-0.3, -0.25) is 9.69 Å². The van der Waals surface area contributed by atoms with Gasteiger partial charge in [-0.25, -0.2) is 0 Å². The summed E-state index contributed by atoms with van der Waals surface area (Å²) in [6, 6.07) is 27.3. The Morgan fingerprint density at radius 2 is 1.48 bits per heavy atom. The van der Waals surface area contributed by atoms with Gasteiger partial charge in [0.15, 0.2) is 18.1 Å². The molecule has 0 aliphatic rings. The fourth-order valence-electron chi connectivity index (χ4n) is 2.94. The minimum Gasteiger partial charge on any atom is -0.493 e. The minimum atomic E-state index is -0.250. The molecule has 0 bridgehead atoms. The van der Waals surface area contributed by atoms with Crippen LogP contribution in [0.4, 0.5) is 11.4 Å². The molecule has 3 rings (SSSR count). The normalized spacial score (nSPS) is 9.65. The first-order chi connectivity index (χ1) is 15.2. The molecule has 6 nitrogen and oxygen atoms in total. The average molecular weight is 409 g/mol. The summed E-state index contributed by atoms with van der Waals surface area (Å²) < 4.78 is 11.1. The average Bonchev–Trinajstić information content (AvgIpc) is 2.83. The van der Waals surface area contributed by atoms with Crippen molar-refractivity contribution in [2.75, 3.05) is 18.6 Å². The first kappa shape index (κ1) is 21.2. The first-order valence-electron chi connectivity index (χ1n) is 9.42. The maximum Gasteiger partial charge on any atom is 0.269 e. The van der Waals surface area contributed by atoms with E-state index in [-0.39, 0.29) is 18.1 Å². The fraction of sp³-hybridized carbons (Fsp3) is 0.0800. The van der Waals surface area contributed by atoms with Gasteiger partial charge in [-0.05, 0) is 48.0 Å². The lowest BCUT2D eigenvalue weighted by atomic mass is 10.1. The number of carbonyl (C=O) groups excluding carboxylic acids is 1. The number of allylic oxidation sites excluding steroid dienone is 1. The molecule has 0 spiro atoms. The largest absolute Gasteiger partial charge is 0.493 e. The highest BCUT2D eigenvalue weighted by atomic mass is 16.5. The van der Waals surface area contributed by atoms with Gasteiger partial charge in [0, 0.05) is 11.4 Å². The Balaban J connectivity index is 1.82. The number of ether oxygens (including phenoxy) is 2. The van der Waals surface area contributed by atoms with Crippen LogP contribution in [0.25, 0.3) is 6.08 Å². The molecule has 0 N–H and O–H groups in total. The van der Waals surface area contributed by atoms with Crippen LogP contribution in [0.5, 0.6) is 11.5 Å². The molecule has 0 fully saturated rings. The molecule has 0 radical (unpaired) electrons. The van der Waals surface area contributed by atoms with Gasteiger partial charge >= 0.3 is 0 Å². The molecule has 0 unspecified atom stereocenters. The Labute approximate surface area is 180 Å². The Bertz CT molecular complexity index is 1100. The monoisotopic (exact) mass is 409 g/mol. The molecule has 0 heterocycles. The van der Waals surface area contributed by atoms with Gasteiger partial charge in [-0.2, -0.15) is 10.5 Å². The van der Waals surface area contributed by atoms with E-state index in [0.717, 1.165) is 11.4 Å². The highest BCUT2D eigenvalue weighted by molar-refractivity contribution is 6.01. The highest BCUT2D eigenvalue weighted by Gasteiger charge is 2.19. The molecule has 152 valence electrons. The number of amides is 1. The van der Waals surface area contributed by atoms with Crippen molar-refractivity contribution in [1.82, 2.24) is 0 Å². The zero-order chi connectivity index (χ0) is 22.1. The fourth-order valence-corrected chi connectivity index (χ4v) is 2.94. The lowest BCUT2D eigenvalue weighted by Crippen LogP contribution is -2.30. The van der Waals surface area contributed by atoms with Crippen LogP contribution in [-0.4, -0.2) is 19.6 Å². The van der Waals surface area contributed by atoms with Crippen molar-refractivity contribution in [2.24, 2.45) is 0 Å². The summed E-state index contributed by atoms with van der Waals surface area (Å²) in [6.07, 6.45) is 1.45. The summed E-state index contributed by atoms with van der Waals surface area (Å²) in [5.74, 6) is 0.520. The molecule has 0 aliphatic heterocycles. The van der Waals surface area contributed by atoms with Crippen molar-refractivity contribution in [3.8, 4) is 23.6 Å². The zero-order valence-corrected chi connectivity index (χ0v) is 16.9. The molecule has 6 heteroatoms. The van der Waals surface area contributed by atoms with Gasteiger partial charge in [0.2, 0.25) is 0 Å². The number of para-hydroxylation sites is 2. The number of anilines is 2. The summed E-state index contributed by atoms with van der Waals surface area (Å²) in [7, 11) is 1.48. The number of hydrogen-bond acceptors (Lipinski definition) is 5. The lowest BCUT2D eigenvalue weighted by Gasteiger charge is -2.23. The summed E-state index contributed by atoms with van der Waals surface area (Å²) >= 11 is 0. The maximum atomic E-state index is 13.1. The van der Waals surface area contributed by atoms with Crippen molar-refractivity contribution in [3.63, 3.8) is 0 Å². The molecule has 1 amide bonds. The van der Waals surface area contributed by atoms with Crippen LogP contribution in [0.1, 0.15) is 5.56 Å². The Morgan fingerprint density at radius 1 is 0.903 bits per heavy atom. The second-order valence-electron chi connectivity index (χ2n) is 6.38. The maximum absolute atomic E-state index is 13.1. The van der Waals surface area contributed by atoms with E-state index in [1.807, 2.05) is 72.8 Å². The van der Waals surface area contributed by atoms with Gasteiger partial charge in [0.1, 0.15) is 17.7 Å². The van der Waals surface area contributed by atoms with Crippen molar-refractivity contribution >= 4 is 23.4 Å². The van der Waals surface area contributed by atoms with E-state index in [1.165, 1.54) is 13.2 Å². The molecular formula is C25H19N3O3. The predicted octanol–water partition coefficient (Wildman–Crippen LogP) is 4.87. The van der Waals surface area contributed by atoms with Crippen molar-refractivity contribution in [3.05, 3.63) is 90.0 Å². The van der Waals surface area contributed by atoms with Crippen molar-refractivity contribution < 1.29 is 14.3 Å². The Hall–Kier alpha value is -4.55. The van der Waals surface area contributed by atoms with Crippen LogP contribution in [0.2, 0.25) is 0 Å². The third-order valence-corrected chi connectivity index (χ3v) is 4.37. The highest BCUT2D eigenvalue weighted by Crippen LogP contribution is 2.30. The lowest BCUT2D eigenvalue weighted by molar-refractivity contribution is -0.119. The third-order valence-electron chi connectivity index (χ3n) is 4.37. The number of carbonyl (C=O) groups is 1. The summed E-state index contributed by atoms with van der Waals surface area (Å²) in [5.41, 5.74) is 2.06. The van der Waals surface area contributed by atoms with E-state index in [1.54, 1.807) is 23.1 Å². The second-order valence-corrected chi connectivity index (χ2v) is 6.38. The molecule has 0 aliphatic carbocycles. The number of nitrogens with zero attached hydrogens (tertiary/aromatic N) is 3. The van der Waals surface area contributed by atoms with Crippen LogP contribution in [0.15, 0.2) is 84.4 Å². The molecule has 0 atom stereocenters. The summed E-state index contributed by atoms with van der Waals surface area (Å²) in [5, 5.41) is 17.8. The van der Waals surface area contributed by atoms with Crippen LogP contribution < -0.4 is 14.4 Å². The molecule has 31 heavy (non-hydrogen) atoms. The minimum absolute atomic E-state index is 0.0211. The van der Waals surface area contributed by atoms with Gasteiger partial charge in [0.05, 0.1) is 7.11 Å². The van der Waals surface area contributed by atoms with E-state index in [9.17, 15) is 4.79 Å². The Morgan fingerprint density at radius 3 is 2.00 bits per heavy atom. The van der Waals surface area contributed by atoms with E-state index in [0.29, 0.717) is 17.1 Å². The van der Waals surface area contributed by atoms with Crippen molar-refractivity contribution in [2.45, 2.75) is 0 Å². The van der Waals surface area contributed by atoms with Crippen LogP contribution in [0, 0.1) is 22.7 Å². The van der Waals surface area contributed by atoms with Crippen molar-refractivity contribution in [1.29, 1.82) is 10.5 Å². The molecule has 3 aromatic carbocycles. The van der Waals surface area contributed by atoms with Gasteiger partial charge in [-0.1, -0.05) is 42.5 Å². The molecule has 3 aromatic rings. The molecule has 0 aromatic heterocycles. The summed E-state index contributed by atoms with van der Waals surface area (Å²) in [6.45, 7) is -0.211. The third kappa shape index (κ3) is 5.29. The standard InChI is InChI=1S/C25H19N3O3/c1-30-24-15-19(14-20(16-26)17-27)12-13-23(24)31-18-25(29)28(21-8-4-2-5-9-21)22-10-6-3-7-11-22/h2-15H,18H2,1H3. The molecular weight excluding hydrogens is 390 g/mol. The van der Waals surface area contributed by atoms with Gasteiger partial charge in [-0.15, -0.1) is 0 Å². The number of methoxy groups -OCH3 is 1. The number of benzene rings is 3. The van der Waals surface area contributed by atoms with Crippen LogP contribution in [0.3, 0.4) is 0 Å². The topological polar surface area (TPSA) is 86.3 Å². The van der Waals surface area contributed by atoms with Gasteiger partial charge < -0.3 is 9.47 Å². The van der Waals surface area contributed by atoms with Crippen LogP contribution >= 0.6 is 0 Å². The van der Waals surface area contributed by atoms with Gasteiger partial charge in [0.25, 0.3) is 5.91 Å². The van der Waals surface area contributed by atoms with E-state index >= 15 is 0 Å². The Kier molecular flexibility index (Phi) is 7.03. The van der Waals surface area contributed by atoms with E-state index in [4.69, 9.17) is 20.0 Å².